The van der Waals surface area contributed by atoms with Crippen LogP contribution in [0.3, 0.4) is 0 Å². The highest BCUT2D eigenvalue weighted by atomic mass is 16.5. The molecule has 0 aromatic carbocycles. The van der Waals surface area contributed by atoms with E-state index in [9.17, 15) is 0 Å². The number of hydrogen-bond donors (Lipinski definition) is 2. The Bertz CT molecular complexity index is 608. The molecule has 2 aromatic rings. The van der Waals surface area contributed by atoms with Crippen LogP contribution in [0.15, 0.2) is 12.1 Å². The molecule has 6 nitrogen and oxygen atoms in total. The maximum absolute atomic E-state index is 6.13. The van der Waals surface area contributed by atoms with Crippen LogP contribution in [-0.4, -0.2) is 48.3 Å². The van der Waals surface area contributed by atoms with Gasteiger partial charge in [-0.1, -0.05) is 0 Å². The summed E-state index contributed by atoms with van der Waals surface area (Å²) in [6, 6.07) is 3.93. The molecule has 3 N–H and O–H groups in total. The molecule has 0 amide bonds. The molecule has 3 rings (SSSR count). The molecule has 102 valence electrons. The summed E-state index contributed by atoms with van der Waals surface area (Å²) in [7, 11) is 3.92. The summed E-state index contributed by atoms with van der Waals surface area (Å²) in [5.41, 5.74) is 7.52. The molecule has 1 aliphatic heterocycles. The maximum atomic E-state index is 6.13. The lowest BCUT2D eigenvalue weighted by Gasteiger charge is -2.23. The zero-order chi connectivity index (χ0) is 13.6. The largest absolute Gasteiger partial charge is 0.379 e. The van der Waals surface area contributed by atoms with Crippen molar-refractivity contribution < 1.29 is 4.74 Å². The monoisotopic (exact) mass is 261 g/mol. The Kier molecular flexibility index (Phi) is 2.72. The molecule has 3 heterocycles. The van der Waals surface area contributed by atoms with Gasteiger partial charge in [-0.15, -0.1) is 0 Å². The second-order valence-electron chi connectivity index (χ2n) is 5.56. The summed E-state index contributed by atoms with van der Waals surface area (Å²) in [5, 5.41) is 0. The standard InChI is InChI=1S/C13H19N5O/c1-13(7-19-6-9(13)14)12-15-8-4-5-10(18(2)3)16-11(8)17-12/h4-5,9H,6-7,14H2,1-3H3,(H,15,16,17). The van der Waals surface area contributed by atoms with E-state index in [2.05, 4.69) is 21.9 Å². The molecule has 6 heteroatoms. The second-order valence-corrected chi connectivity index (χ2v) is 5.56. The van der Waals surface area contributed by atoms with Gasteiger partial charge in [-0.25, -0.2) is 9.97 Å². The van der Waals surface area contributed by atoms with E-state index in [1.807, 2.05) is 31.1 Å². The average molecular weight is 261 g/mol. The Morgan fingerprint density at radius 1 is 1.42 bits per heavy atom. The molecule has 2 aromatic heterocycles. The molecule has 2 atom stereocenters. The zero-order valence-corrected chi connectivity index (χ0v) is 11.5. The number of nitrogens with zero attached hydrogens (tertiary/aromatic N) is 3. The van der Waals surface area contributed by atoms with Gasteiger partial charge >= 0.3 is 0 Å². The number of ether oxygens (including phenoxy) is 1. The van der Waals surface area contributed by atoms with Gasteiger partial charge in [0, 0.05) is 20.1 Å². The van der Waals surface area contributed by atoms with Gasteiger partial charge in [-0.05, 0) is 19.1 Å². The third-order valence-electron chi connectivity index (χ3n) is 3.85. The fourth-order valence-electron chi connectivity index (χ4n) is 2.34. The van der Waals surface area contributed by atoms with Gasteiger partial charge in [0.2, 0.25) is 0 Å². The summed E-state index contributed by atoms with van der Waals surface area (Å²) < 4.78 is 5.47. The van der Waals surface area contributed by atoms with Gasteiger partial charge in [-0.3, -0.25) is 0 Å². The average Bonchev–Trinajstić information content (AvgIpc) is 2.94. The van der Waals surface area contributed by atoms with Crippen molar-refractivity contribution in [3.63, 3.8) is 0 Å². The third kappa shape index (κ3) is 1.87. The Balaban J connectivity index is 2.06. The maximum Gasteiger partial charge on any atom is 0.179 e. The number of nitrogens with one attached hydrogen (secondary N) is 1. The van der Waals surface area contributed by atoms with E-state index in [-0.39, 0.29) is 11.5 Å². The Morgan fingerprint density at radius 2 is 2.21 bits per heavy atom. The van der Waals surface area contributed by atoms with Gasteiger partial charge in [0.25, 0.3) is 0 Å². The summed E-state index contributed by atoms with van der Waals surface area (Å²) in [5.74, 6) is 1.75. The zero-order valence-electron chi connectivity index (χ0n) is 11.5. The van der Waals surface area contributed by atoms with Crippen molar-refractivity contribution in [2.24, 2.45) is 5.73 Å². The SMILES string of the molecule is CN(C)c1ccc2[nH]c(C3(C)COCC3N)nc2n1. The number of pyridine rings is 1. The Labute approximate surface area is 112 Å². The molecule has 19 heavy (non-hydrogen) atoms. The number of rotatable bonds is 2. The highest BCUT2D eigenvalue weighted by Crippen LogP contribution is 2.31. The topological polar surface area (TPSA) is 80.1 Å². The molecule has 1 aliphatic rings. The lowest BCUT2D eigenvalue weighted by molar-refractivity contribution is 0.178. The van der Waals surface area contributed by atoms with Crippen LogP contribution in [0, 0.1) is 0 Å². The number of H-pyrrole nitrogens is 1. The van der Waals surface area contributed by atoms with Crippen molar-refractivity contribution >= 4 is 17.0 Å². The lowest BCUT2D eigenvalue weighted by Crippen LogP contribution is -2.42. The van der Waals surface area contributed by atoms with E-state index in [1.54, 1.807) is 0 Å². The van der Waals surface area contributed by atoms with Gasteiger partial charge in [0.05, 0.1) is 24.1 Å². The molecule has 0 aliphatic carbocycles. The first-order chi connectivity index (χ1) is 9.00. The summed E-state index contributed by atoms with van der Waals surface area (Å²) in [6.45, 7) is 3.24. The van der Waals surface area contributed by atoms with Crippen molar-refractivity contribution in [1.82, 2.24) is 15.0 Å². The molecular formula is C13H19N5O. The van der Waals surface area contributed by atoms with Crippen molar-refractivity contribution in [2.75, 3.05) is 32.2 Å². The van der Waals surface area contributed by atoms with Gasteiger partial charge in [0.15, 0.2) is 5.65 Å². The molecule has 0 radical (unpaired) electrons. The molecule has 1 fully saturated rings. The van der Waals surface area contributed by atoms with Crippen LogP contribution in [0.2, 0.25) is 0 Å². The van der Waals surface area contributed by atoms with E-state index in [4.69, 9.17) is 10.5 Å². The number of imidazole rings is 1. The quantitative estimate of drug-likeness (QED) is 0.829. The number of nitrogens with two attached hydrogens (primary N) is 1. The fraction of sp³-hybridized carbons (Fsp3) is 0.538. The highest BCUT2D eigenvalue weighted by Gasteiger charge is 2.41. The van der Waals surface area contributed by atoms with E-state index in [1.165, 1.54) is 0 Å². The normalized spacial score (nSPS) is 27.1. The molecule has 0 saturated carbocycles. The van der Waals surface area contributed by atoms with Crippen LogP contribution < -0.4 is 10.6 Å². The van der Waals surface area contributed by atoms with Crippen LogP contribution in [0.25, 0.3) is 11.2 Å². The Morgan fingerprint density at radius 3 is 2.84 bits per heavy atom. The number of fused-ring (bicyclic) bond motifs is 1. The van der Waals surface area contributed by atoms with Crippen LogP contribution in [-0.2, 0) is 10.2 Å². The van der Waals surface area contributed by atoms with Crippen molar-refractivity contribution in [3.05, 3.63) is 18.0 Å². The number of aromatic amines is 1. The predicted molar refractivity (Wildman–Crippen MR) is 74.4 cm³/mol. The molecular weight excluding hydrogens is 242 g/mol. The van der Waals surface area contributed by atoms with Crippen LogP contribution in [0.1, 0.15) is 12.7 Å². The lowest BCUT2D eigenvalue weighted by atomic mass is 9.85. The van der Waals surface area contributed by atoms with Crippen molar-refractivity contribution in [2.45, 2.75) is 18.4 Å². The summed E-state index contributed by atoms with van der Waals surface area (Å²) in [6.07, 6.45) is 0. The minimum absolute atomic E-state index is 0.0404. The van der Waals surface area contributed by atoms with E-state index in [0.29, 0.717) is 13.2 Å². The fourth-order valence-corrected chi connectivity index (χ4v) is 2.34. The molecule has 1 saturated heterocycles. The van der Waals surface area contributed by atoms with E-state index < -0.39 is 0 Å². The van der Waals surface area contributed by atoms with E-state index >= 15 is 0 Å². The van der Waals surface area contributed by atoms with E-state index in [0.717, 1.165) is 22.8 Å². The minimum atomic E-state index is -0.265. The number of anilines is 1. The van der Waals surface area contributed by atoms with Crippen LogP contribution in [0.5, 0.6) is 0 Å². The first-order valence-electron chi connectivity index (χ1n) is 6.38. The van der Waals surface area contributed by atoms with Crippen LogP contribution >= 0.6 is 0 Å². The third-order valence-corrected chi connectivity index (χ3v) is 3.85. The van der Waals surface area contributed by atoms with Gasteiger partial charge in [0.1, 0.15) is 11.6 Å². The summed E-state index contributed by atoms with van der Waals surface area (Å²) in [4.78, 5) is 14.4. The smallest absolute Gasteiger partial charge is 0.179 e. The second kappa shape index (κ2) is 4.18. The van der Waals surface area contributed by atoms with Gasteiger partial charge < -0.3 is 20.4 Å². The summed E-state index contributed by atoms with van der Waals surface area (Å²) >= 11 is 0. The predicted octanol–water partition coefficient (Wildman–Crippen LogP) is 0.639. The highest BCUT2D eigenvalue weighted by molar-refractivity contribution is 5.73. The first kappa shape index (κ1) is 12.4. The first-order valence-corrected chi connectivity index (χ1v) is 6.38. The van der Waals surface area contributed by atoms with Crippen molar-refractivity contribution in [3.8, 4) is 0 Å². The molecule has 0 bridgehead atoms. The van der Waals surface area contributed by atoms with Crippen molar-refractivity contribution in [1.29, 1.82) is 0 Å². The number of hydrogen-bond acceptors (Lipinski definition) is 5. The molecule has 0 spiro atoms. The van der Waals surface area contributed by atoms with Gasteiger partial charge in [-0.2, -0.15) is 0 Å². The number of aromatic nitrogens is 3. The molecule has 2 unspecified atom stereocenters. The Hall–Kier alpha value is -1.66. The minimum Gasteiger partial charge on any atom is -0.379 e. The van der Waals surface area contributed by atoms with Crippen LogP contribution in [0.4, 0.5) is 5.82 Å².